The second kappa shape index (κ2) is 8.89. The van der Waals surface area contributed by atoms with Crippen molar-refractivity contribution in [3.8, 4) is 11.5 Å². The lowest BCUT2D eigenvalue weighted by molar-refractivity contribution is -0.121. The number of amides is 1. The third kappa shape index (κ3) is 4.32. The number of carbonyl (C=O) groups excluding carboxylic acids is 1. The third-order valence-electron chi connectivity index (χ3n) is 5.43. The van der Waals surface area contributed by atoms with Crippen molar-refractivity contribution in [3.05, 3.63) is 50.9 Å². The summed E-state index contributed by atoms with van der Waals surface area (Å²) in [7, 11) is 3.12. The first kappa shape index (κ1) is 21.0. The van der Waals surface area contributed by atoms with Gasteiger partial charge in [0, 0.05) is 16.5 Å². The number of hydrogen-bond acceptors (Lipinski definition) is 7. The highest BCUT2D eigenvalue weighted by atomic mass is 32.1. The van der Waals surface area contributed by atoms with Crippen LogP contribution in [0.4, 0.5) is 0 Å². The SMILES string of the molecule is COc1ccc(/C=N\NC(=O)Cn2cnc3sc4c(c3c2=O)CCC(C)C4)c(OC)c1. The minimum atomic E-state index is -0.412. The lowest BCUT2D eigenvalue weighted by atomic mass is 9.89. The second-order valence-electron chi connectivity index (χ2n) is 7.61. The summed E-state index contributed by atoms with van der Waals surface area (Å²) in [6.45, 7) is 2.07. The Balaban J connectivity index is 1.48. The van der Waals surface area contributed by atoms with Crippen LogP contribution in [-0.4, -0.2) is 35.9 Å². The summed E-state index contributed by atoms with van der Waals surface area (Å²) >= 11 is 1.59. The molecule has 1 aliphatic carbocycles. The van der Waals surface area contributed by atoms with Gasteiger partial charge >= 0.3 is 0 Å². The maximum absolute atomic E-state index is 13.0. The second-order valence-corrected chi connectivity index (χ2v) is 8.69. The fourth-order valence-corrected chi connectivity index (χ4v) is 5.11. The molecule has 8 nitrogen and oxygen atoms in total. The van der Waals surface area contributed by atoms with Crippen molar-refractivity contribution in [2.24, 2.45) is 11.0 Å². The van der Waals surface area contributed by atoms with Crippen LogP contribution in [0.5, 0.6) is 11.5 Å². The molecule has 162 valence electrons. The summed E-state index contributed by atoms with van der Waals surface area (Å²) < 4.78 is 11.8. The number of nitrogens with one attached hydrogen (secondary N) is 1. The van der Waals surface area contributed by atoms with Gasteiger partial charge in [-0.15, -0.1) is 11.3 Å². The van der Waals surface area contributed by atoms with E-state index in [4.69, 9.17) is 9.47 Å². The van der Waals surface area contributed by atoms with Crippen LogP contribution in [0.3, 0.4) is 0 Å². The number of fused-ring (bicyclic) bond motifs is 3. The molecule has 0 saturated carbocycles. The largest absolute Gasteiger partial charge is 0.497 e. The maximum Gasteiger partial charge on any atom is 0.262 e. The van der Waals surface area contributed by atoms with Gasteiger partial charge in [0.05, 0.1) is 32.1 Å². The number of methoxy groups -OCH3 is 2. The molecule has 0 aliphatic heterocycles. The van der Waals surface area contributed by atoms with Crippen molar-refractivity contribution in [2.45, 2.75) is 32.7 Å². The highest BCUT2D eigenvalue weighted by Crippen LogP contribution is 2.35. The van der Waals surface area contributed by atoms with Crippen LogP contribution in [0.25, 0.3) is 10.2 Å². The molecule has 31 heavy (non-hydrogen) atoms. The first-order chi connectivity index (χ1) is 15.0. The average molecular weight is 441 g/mol. The monoisotopic (exact) mass is 440 g/mol. The molecule has 1 aromatic carbocycles. The van der Waals surface area contributed by atoms with Gasteiger partial charge in [0.1, 0.15) is 22.9 Å². The van der Waals surface area contributed by atoms with Crippen molar-refractivity contribution in [2.75, 3.05) is 14.2 Å². The number of carbonyl (C=O) groups is 1. The Kier molecular flexibility index (Phi) is 6.03. The summed E-state index contributed by atoms with van der Waals surface area (Å²) in [4.78, 5) is 31.8. The van der Waals surface area contributed by atoms with E-state index in [0.717, 1.165) is 29.7 Å². The quantitative estimate of drug-likeness (QED) is 0.470. The number of benzene rings is 1. The predicted molar refractivity (Wildman–Crippen MR) is 120 cm³/mol. The van der Waals surface area contributed by atoms with Crippen molar-refractivity contribution in [3.63, 3.8) is 0 Å². The number of ether oxygens (including phenoxy) is 2. The Morgan fingerprint density at radius 2 is 2.23 bits per heavy atom. The lowest BCUT2D eigenvalue weighted by Crippen LogP contribution is -2.30. The summed E-state index contributed by atoms with van der Waals surface area (Å²) in [5.41, 5.74) is 4.07. The molecule has 2 aromatic heterocycles. The van der Waals surface area contributed by atoms with Gasteiger partial charge in [-0.05, 0) is 42.9 Å². The van der Waals surface area contributed by atoms with Crippen molar-refractivity contribution < 1.29 is 14.3 Å². The zero-order valence-electron chi connectivity index (χ0n) is 17.7. The van der Waals surface area contributed by atoms with E-state index < -0.39 is 5.91 Å². The number of aryl methyl sites for hydroxylation is 1. The van der Waals surface area contributed by atoms with Crippen molar-refractivity contribution in [1.82, 2.24) is 15.0 Å². The fourth-order valence-electron chi connectivity index (χ4n) is 3.77. The number of hydrogen-bond donors (Lipinski definition) is 1. The Morgan fingerprint density at radius 1 is 1.39 bits per heavy atom. The molecule has 1 unspecified atom stereocenters. The van der Waals surface area contributed by atoms with Crippen LogP contribution in [-0.2, 0) is 24.2 Å². The normalized spacial score (nSPS) is 15.8. The molecule has 9 heteroatoms. The fraction of sp³-hybridized carbons (Fsp3) is 0.364. The van der Waals surface area contributed by atoms with Gasteiger partial charge in [-0.3, -0.25) is 14.2 Å². The average Bonchev–Trinajstić information content (AvgIpc) is 3.14. The van der Waals surface area contributed by atoms with E-state index >= 15 is 0 Å². The first-order valence-electron chi connectivity index (χ1n) is 10.0. The van der Waals surface area contributed by atoms with E-state index in [1.165, 1.54) is 22.0 Å². The number of aromatic nitrogens is 2. The molecule has 1 atom stereocenters. The molecular formula is C22H24N4O4S. The van der Waals surface area contributed by atoms with Gasteiger partial charge in [-0.1, -0.05) is 6.92 Å². The minimum Gasteiger partial charge on any atom is -0.497 e. The standard InChI is InChI=1S/C22H24N4O4S/c1-13-4-7-16-18(8-13)31-21-20(16)22(28)26(12-23-21)11-19(27)25-24-10-14-5-6-15(29-2)9-17(14)30-3/h5-6,9-10,12-13H,4,7-8,11H2,1-3H3,(H,25,27)/b24-10-. The van der Waals surface area contributed by atoms with Gasteiger partial charge < -0.3 is 9.47 Å². The topological polar surface area (TPSA) is 94.8 Å². The van der Waals surface area contributed by atoms with Crippen molar-refractivity contribution >= 4 is 33.7 Å². The van der Waals surface area contributed by atoms with E-state index in [-0.39, 0.29) is 12.1 Å². The smallest absolute Gasteiger partial charge is 0.262 e. The third-order valence-corrected chi connectivity index (χ3v) is 6.59. The van der Waals surface area contributed by atoms with Gasteiger partial charge in [0.25, 0.3) is 11.5 Å². The van der Waals surface area contributed by atoms with Gasteiger partial charge in [0.15, 0.2) is 0 Å². The molecule has 0 saturated heterocycles. The molecule has 4 rings (SSSR count). The molecular weight excluding hydrogens is 416 g/mol. The molecule has 1 N–H and O–H groups in total. The predicted octanol–water partition coefficient (Wildman–Crippen LogP) is 2.75. The Hall–Kier alpha value is -3.20. The van der Waals surface area contributed by atoms with Crippen LogP contribution >= 0.6 is 11.3 Å². The highest BCUT2D eigenvalue weighted by Gasteiger charge is 2.23. The summed E-state index contributed by atoms with van der Waals surface area (Å²) in [6, 6.07) is 5.27. The summed E-state index contributed by atoms with van der Waals surface area (Å²) in [6.07, 6.45) is 5.86. The molecule has 1 aliphatic rings. The summed E-state index contributed by atoms with van der Waals surface area (Å²) in [5.74, 6) is 1.44. The number of rotatable bonds is 6. The zero-order chi connectivity index (χ0) is 22.0. The molecule has 2 heterocycles. The molecule has 3 aromatic rings. The van der Waals surface area contributed by atoms with Crippen molar-refractivity contribution in [1.29, 1.82) is 0 Å². The zero-order valence-corrected chi connectivity index (χ0v) is 18.5. The number of thiophene rings is 1. The van der Waals surface area contributed by atoms with Crippen LogP contribution in [0.15, 0.2) is 34.4 Å². The van der Waals surface area contributed by atoms with E-state index in [1.54, 1.807) is 43.8 Å². The van der Waals surface area contributed by atoms with E-state index in [0.29, 0.717) is 28.4 Å². The van der Waals surface area contributed by atoms with Gasteiger partial charge in [-0.2, -0.15) is 5.10 Å². The van der Waals surface area contributed by atoms with E-state index in [1.807, 2.05) is 0 Å². The van der Waals surface area contributed by atoms with Gasteiger partial charge in [-0.25, -0.2) is 10.4 Å². The molecule has 0 fully saturated rings. The lowest BCUT2D eigenvalue weighted by Gasteiger charge is -2.17. The Morgan fingerprint density at radius 3 is 3.00 bits per heavy atom. The minimum absolute atomic E-state index is 0.153. The highest BCUT2D eigenvalue weighted by molar-refractivity contribution is 7.18. The first-order valence-corrected chi connectivity index (χ1v) is 10.9. The van der Waals surface area contributed by atoms with E-state index in [2.05, 4.69) is 22.4 Å². The van der Waals surface area contributed by atoms with Crippen LogP contribution in [0.2, 0.25) is 0 Å². The molecule has 1 amide bonds. The molecule has 0 bridgehead atoms. The number of nitrogens with zero attached hydrogens (tertiary/aromatic N) is 3. The summed E-state index contributed by atoms with van der Waals surface area (Å²) in [5, 5.41) is 4.64. The van der Waals surface area contributed by atoms with Crippen LogP contribution in [0.1, 0.15) is 29.3 Å². The Labute approximate surface area is 183 Å². The molecule has 0 radical (unpaired) electrons. The van der Waals surface area contributed by atoms with E-state index in [9.17, 15) is 9.59 Å². The van der Waals surface area contributed by atoms with Crippen LogP contribution < -0.4 is 20.5 Å². The van der Waals surface area contributed by atoms with Crippen LogP contribution in [0, 0.1) is 5.92 Å². The maximum atomic E-state index is 13.0. The molecule has 0 spiro atoms. The number of hydrazone groups is 1. The Bertz CT molecular complexity index is 1210. The van der Waals surface area contributed by atoms with Gasteiger partial charge in [0.2, 0.25) is 0 Å².